The number of oxime groups is 1. The SMILES string of the molecule is CCSC(N=C(N)N)c1cnccc1SC1=C(C(=O)O)N2C(=O)[C@@H](NC(=O)/C(=N\O)c3csc(N)n3)[C@@H]2SC1. The first kappa shape index (κ1) is 28.5. The Balaban J connectivity index is 1.57. The lowest BCUT2D eigenvalue weighted by Gasteiger charge is -2.49. The summed E-state index contributed by atoms with van der Waals surface area (Å²) in [5.74, 6) is -1.85. The summed E-state index contributed by atoms with van der Waals surface area (Å²) >= 11 is 5.02. The predicted molar refractivity (Wildman–Crippen MR) is 151 cm³/mol. The fraction of sp³-hybridized carbons (Fsp3) is 0.286. The predicted octanol–water partition coefficient (Wildman–Crippen LogP) is 0.812. The Morgan fingerprint density at radius 3 is 2.77 bits per heavy atom. The molecule has 2 aromatic heterocycles. The molecule has 39 heavy (non-hydrogen) atoms. The van der Waals surface area contributed by atoms with Gasteiger partial charge in [0.05, 0.1) is 0 Å². The standard InChI is InChI=1S/C21H23N9O5S4/c1-2-36-16(28-20(22)23)8-5-25-4-3-10(8)39-11-7-37-18-13(17(32)30(18)14(11)19(33)34)27-15(31)12(29-35)9-6-38-21(24)26-9/h3-6,13,16,18,35H,2,7H2,1H3,(H2,24,26)(H,27,31)(H,33,34)(H4,22,23,28)/b29-12-/t13-,16?,18+/m1/s1. The zero-order valence-corrected chi connectivity index (χ0v) is 23.4. The molecule has 2 aromatic rings. The highest BCUT2D eigenvalue weighted by molar-refractivity contribution is 8.06. The molecule has 2 aliphatic rings. The molecule has 206 valence electrons. The number of thiazole rings is 1. The molecule has 0 radical (unpaired) electrons. The molecule has 14 nitrogen and oxygen atoms in total. The van der Waals surface area contributed by atoms with Crippen molar-refractivity contribution in [3.63, 3.8) is 0 Å². The number of thioether (sulfide) groups is 3. The highest BCUT2D eigenvalue weighted by Crippen LogP contribution is 2.47. The Labute approximate surface area is 238 Å². The van der Waals surface area contributed by atoms with E-state index >= 15 is 0 Å². The van der Waals surface area contributed by atoms with Gasteiger partial charge in [-0.05, 0) is 11.8 Å². The van der Waals surface area contributed by atoms with E-state index in [-0.39, 0.29) is 28.2 Å². The first-order chi connectivity index (χ1) is 18.7. The highest BCUT2D eigenvalue weighted by atomic mass is 32.2. The van der Waals surface area contributed by atoms with Gasteiger partial charge in [0, 0.05) is 38.9 Å². The van der Waals surface area contributed by atoms with E-state index in [1.807, 2.05) is 6.92 Å². The monoisotopic (exact) mass is 609 g/mol. The Morgan fingerprint density at radius 1 is 1.38 bits per heavy atom. The summed E-state index contributed by atoms with van der Waals surface area (Å²) in [6.45, 7) is 1.96. The molecule has 1 saturated heterocycles. The second-order valence-corrected chi connectivity index (χ2v) is 12.3. The number of guanidine groups is 1. The maximum atomic E-state index is 13.1. The number of nitrogens with one attached hydrogen (secondary N) is 1. The molecule has 4 heterocycles. The van der Waals surface area contributed by atoms with Crippen LogP contribution in [0, 0.1) is 0 Å². The van der Waals surface area contributed by atoms with E-state index < -0.39 is 40.3 Å². The number of aliphatic imine (C=N–C) groups is 1. The number of carboxylic acid groups (broad SMARTS) is 1. The van der Waals surface area contributed by atoms with E-state index in [1.165, 1.54) is 40.7 Å². The summed E-state index contributed by atoms with van der Waals surface area (Å²) in [5, 5.41) is 25.4. The number of carbonyl (C=O) groups is 3. The maximum Gasteiger partial charge on any atom is 0.353 e. The number of pyridine rings is 1. The highest BCUT2D eigenvalue weighted by Gasteiger charge is 2.54. The van der Waals surface area contributed by atoms with Crippen LogP contribution in [0.15, 0.2) is 49.5 Å². The second-order valence-electron chi connectivity index (χ2n) is 7.83. The number of anilines is 1. The fourth-order valence-electron chi connectivity index (χ4n) is 3.78. The van der Waals surface area contributed by atoms with Crippen molar-refractivity contribution in [2.75, 3.05) is 17.2 Å². The van der Waals surface area contributed by atoms with Gasteiger partial charge in [0.25, 0.3) is 11.8 Å². The van der Waals surface area contributed by atoms with Gasteiger partial charge in [-0.1, -0.05) is 23.8 Å². The molecule has 0 aromatic carbocycles. The van der Waals surface area contributed by atoms with Crippen LogP contribution in [0.2, 0.25) is 0 Å². The third-order valence-electron chi connectivity index (χ3n) is 5.40. The molecule has 3 atom stereocenters. The van der Waals surface area contributed by atoms with Gasteiger partial charge in [0.15, 0.2) is 16.8 Å². The summed E-state index contributed by atoms with van der Waals surface area (Å²) in [6, 6.07) is 0.705. The Kier molecular flexibility index (Phi) is 8.88. The summed E-state index contributed by atoms with van der Waals surface area (Å²) in [5.41, 5.74) is 17.0. The first-order valence-corrected chi connectivity index (χ1v) is 14.9. The van der Waals surface area contributed by atoms with Gasteiger partial charge in [-0.15, -0.1) is 34.9 Å². The third kappa shape index (κ3) is 5.92. The molecule has 0 spiro atoms. The molecule has 4 rings (SSSR count). The van der Waals surface area contributed by atoms with Crippen molar-refractivity contribution in [1.82, 2.24) is 20.2 Å². The van der Waals surface area contributed by atoms with Crippen LogP contribution in [0.1, 0.15) is 23.6 Å². The summed E-state index contributed by atoms with van der Waals surface area (Å²) < 4.78 is 0. The van der Waals surface area contributed by atoms with E-state index in [2.05, 4.69) is 25.4 Å². The molecule has 18 heteroatoms. The van der Waals surface area contributed by atoms with Crippen LogP contribution in [-0.4, -0.2) is 77.6 Å². The van der Waals surface area contributed by atoms with Gasteiger partial charge in [-0.3, -0.25) is 19.5 Å². The number of carbonyl (C=O) groups excluding carboxylic acids is 2. The normalized spacial score (nSPS) is 19.7. The van der Waals surface area contributed by atoms with Crippen LogP contribution in [0.5, 0.6) is 0 Å². The number of nitrogen functional groups attached to an aromatic ring is 1. The van der Waals surface area contributed by atoms with Gasteiger partial charge < -0.3 is 32.8 Å². The number of nitrogens with two attached hydrogens (primary N) is 3. The van der Waals surface area contributed by atoms with Gasteiger partial charge in [-0.25, -0.2) is 14.8 Å². The zero-order valence-electron chi connectivity index (χ0n) is 20.2. The molecule has 2 aliphatic heterocycles. The van der Waals surface area contributed by atoms with Crippen molar-refractivity contribution in [3.05, 3.63) is 45.7 Å². The fourth-order valence-corrected chi connectivity index (χ4v) is 7.88. The summed E-state index contributed by atoms with van der Waals surface area (Å²) in [4.78, 5) is 52.8. The van der Waals surface area contributed by atoms with Gasteiger partial charge in [0.1, 0.15) is 28.2 Å². The van der Waals surface area contributed by atoms with E-state index in [9.17, 15) is 24.7 Å². The number of fused-ring (bicyclic) bond motifs is 1. The molecular weight excluding hydrogens is 587 g/mol. The van der Waals surface area contributed by atoms with Crippen LogP contribution in [0.25, 0.3) is 0 Å². The van der Waals surface area contributed by atoms with Gasteiger partial charge in [-0.2, -0.15) is 0 Å². The van der Waals surface area contributed by atoms with Crippen molar-refractivity contribution < 1.29 is 24.7 Å². The topological polar surface area (TPSA) is 235 Å². The average Bonchev–Trinajstić information content (AvgIpc) is 3.32. The molecule has 0 bridgehead atoms. The molecule has 2 amide bonds. The first-order valence-electron chi connectivity index (χ1n) is 11.1. The molecule has 1 fully saturated rings. The van der Waals surface area contributed by atoms with Crippen LogP contribution in [0.4, 0.5) is 5.13 Å². The lowest BCUT2D eigenvalue weighted by molar-refractivity contribution is -0.150. The van der Waals surface area contributed by atoms with Gasteiger partial charge in [0.2, 0.25) is 0 Å². The quantitative estimate of drug-likeness (QED) is 0.0720. The molecule has 1 unspecified atom stereocenters. The van der Waals surface area contributed by atoms with E-state index in [1.54, 1.807) is 18.5 Å². The Bertz CT molecular complexity index is 1390. The van der Waals surface area contributed by atoms with Crippen molar-refractivity contribution >= 4 is 81.2 Å². The third-order valence-corrected chi connectivity index (χ3v) is 9.72. The molecule has 0 saturated carbocycles. The minimum Gasteiger partial charge on any atom is -0.477 e. The molecular formula is C21H23N9O5S4. The lowest BCUT2D eigenvalue weighted by atomic mass is 10.0. The van der Waals surface area contributed by atoms with Crippen molar-refractivity contribution in [1.29, 1.82) is 0 Å². The summed E-state index contributed by atoms with van der Waals surface area (Å²) in [6.07, 6.45) is 3.20. The number of aromatic nitrogens is 2. The number of β-lactam (4-membered cyclic amide) rings is 1. The van der Waals surface area contributed by atoms with Crippen LogP contribution >= 0.6 is 46.6 Å². The molecule has 0 aliphatic carbocycles. The van der Waals surface area contributed by atoms with E-state index in [0.717, 1.165) is 22.0 Å². The number of nitrogens with zero attached hydrogens (tertiary/aromatic N) is 5. The lowest BCUT2D eigenvalue weighted by Crippen LogP contribution is -2.71. The number of hydrogen-bond acceptors (Lipinski definition) is 13. The van der Waals surface area contributed by atoms with Crippen molar-refractivity contribution in [2.24, 2.45) is 21.6 Å². The molecule has 9 N–H and O–H groups in total. The van der Waals surface area contributed by atoms with E-state index in [4.69, 9.17) is 17.2 Å². The number of aliphatic carboxylic acids is 1. The minimum atomic E-state index is -1.28. The summed E-state index contributed by atoms with van der Waals surface area (Å²) in [7, 11) is 0. The van der Waals surface area contributed by atoms with Crippen molar-refractivity contribution in [3.8, 4) is 0 Å². The number of amides is 2. The smallest absolute Gasteiger partial charge is 0.353 e. The van der Waals surface area contributed by atoms with Crippen LogP contribution < -0.4 is 22.5 Å². The van der Waals surface area contributed by atoms with Crippen LogP contribution in [-0.2, 0) is 14.4 Å². The minimum absolute atomic E-state index is 0.0515. The van der Waals surface area contributed by atoms with Gasteiger partial charge >= 0.3 is 5.97 Å². The average molecular weight is 610 g/mol. The van der Waals surface area contributed by atoms with E-state index in [0.29, 0.717) is 15.4 Å². The Hall–Kier alpha value is -3.48. The second kappa shape index (κ2) is 12.1. The van der Waals surface area contributed by atoms with Crippen molar-refractivity contribution in [2.45, 2.75) is 28.6 Å². The number of hydrogen-bond donors (Lipinski definition) is 6. The maximum absolute atomic E-state index is 13.1. The van der Waals surface area contributed by atoms with Crippen LogP contribution in [0.3, 0.4) is 0 Å². The Morgan fingerprint density at radius 2 is 2.15 bits per heavy atom. The number of carboxylic acids is 1. The largest absolute Gasteiger partial charge is 0.477 e. The zero-order chi connectivity index (χ0) is 28.3. The number of rotatable bonds is 10.